The molecule has 2 heterocycles. The van der Waals surface area contributed by atoms with Crippen molar-refractivity contribution in [2.24, 2.45) is 10.1 Å². The topological polar surface area (TPSA) is 88.5 Å². The lowest BCUT2D eigenvalue weighted by atomic mass is 10.1. The van der Waals surface area contributed by atoms with E-state index in [1.807, 2.05) is 30.3 Å². The van der Waals surface area contributed by atoms with Crippen LogP contribution in [-0.2, 0) is 13.0 Å². The second kappa shape index (κ2) is 8.11. The van der Waals surface area contributed by atoms with Gasteiger partial charge in [0.05, 0.1) is 5.71 Å². The summed E-state index contributed by atoms with van der Waals surface area (Å²) >= 11 is 0. The van der Waals surface area contributed by atoms with Gasteiger partial charge in [-0.05, 0) is 52.6 Å². The van der Waals surface area contributed by atoms with Crippen molar-refractivity contribution in [3.63, 3.8) is 0 Å². The number of carbonyl (C=O) groups excluding carboxylic acids is 1. The molecule has 0 unspecified atom stereocenters. The number of aliphatic imine (C=N–C) groups is 1. The number of rotatable bonds is 5. The lowest BCUT2D eigenvalue weighted by molar-refractivity contribution is -0.507. The highest BCUT2D eigenvalue weighted by Crippen LogP contribution is 2.30. The number of azo groups is 2. The Bertz CT molecular complexity index is 1260. The van der Waals surface area contributed by atoms with Gasteiger partial charge in [-0.1, -0.05) is 47.2 Å². The quantitative estimate of drug-likeness (QED) is 0.594. The van der Waals surface area contributed by atoms with Crippen molar-refractivity contribution >= 4 is 11.7 Å². The molecule has 7 heteroatoms. The molecule has 2 N–H and O–H groups in total. The second-order valence-electron chi connectivity index (χ2n) is 7.73. The molecule has 2 aliphatic heterocycles. The number of urea groups is 1. The van der Waals surface area contributed by atoms with E-state index in [1.54, 1.807) is 53.4 Å². The number of hydrogen-bond donors (Lipinski definition) is 2. The van der Waals surface area contributed by atoms with Crippen molar-refractivity contribution in [2.75, 3.05) is 6.54 Å². The molecule has 5 rings (SSSR count). The summed E-state index contributed by atoms with van der Waals surface area (Å²) in [6.45, 7) is 0.596. The van der Waals surface area contributed by atoms with Gasteiger partial charge in [0.25, 0.3) is 5.82 Å². The van der Waals surface area contributed by atoms with Gasteiger partial charge in [-0.25, -0.2) is 4.99 Å². The predicted octanol–water partition coefficient (Wildman–Crippen LogP) is 4.41. The number of aromatic hydroxyl groups is 2. The predicted molar refractivity (Wildman–Crippen MR) is 118 cm³/mol. The molecular formula is C25H21N4O3+. The molecular weight excluding hydrogens is 404 g/mol. The molecule has 0 bridgehead atoms. The van der Waals surface area contributed by atoms with E-state index < -0.39 is 0 Å². The summed E-state index contributed by atoms with van der Waals surface area (Å²) in [5.41, 5.74) is 4.24. The Morgan fingerprint density at radius 3 is 2.19 bits per heavy atom. The molecule has 3 aromatic rings. The number of nitrogens with zero attached hydrogens (tertiary/aromatic N) is 4. The number of carbonyl (C=O) groups is 1. The minimum absolute atomic E-state index is 0.177. The Hall–Kier alpha value is -4.26. The number of amides is 2. The van der Waals surface area contributed by atoms with Crippen molar-refractivity contribution in [1.29, 1.82) is 0 Å². The Kier molecular flexibility index (Phi) is 4.99. The van der Waals surface area contributed by atoms with E-state index in [9.17, 15) is 15.0 Å². The van der Waals surface area contributed by atoms with Gasteiger partial charge >= 0.3 is 6.03 Å². The van der Waals surface area contributed by atoms with E-state index in [0.717, 1.165) is 22.4 Å². The van der Waals surface area contributed by atoms with Crippen molar-refractivity contribution in [1.82, 2.24) is 4.90 Å². The number of allylic oxidation sites excluding steroid dienone is 1. The van der Waals surface area contributed by atoms with E-state index in [-0.39, 0.29) is 17.5 Å². The van der Waals surface area contributed by atoms with Crippen LogP contribution in [-0.4, -0.2) is 38.1 Å². The summed E-state index contributed by atoms with van der Waals surface area (Å²) in [6.07, 6.45) is 0.540. The first kappa shape index (κ1) is 19.7. The molecule has 0 atom stereocenters. The Morgan fingerprint density at radius 2 is 1.50 bits per heavy atom. The zero-order chi connectivity index (χ0) is 22.1. The van der Waals surface area contributed by atoms with Crippen LogP contribution in [0, 0.1) is 0 Å². The fourth-order valence-electron chi connectivity index (χ4n) is 3.79. The summed E-state index contributed by atoms with van der Waals surface area (Å²) in [5.74, 6) is 0.911. The summed E-state index contributed by atoms with van der Waals surface area (Å²) < 4.78 is 1.43. The first-order chi connectivity index (χ1) is 15.6. The standard InChI is InChI=1S/C25H20N4O3/c30-20-10-6-18(7-11-20)15-29-25(32)28-16-23(19-8-12-21(31)13-9-19)26-22(24(28)27-29)14-17-4-2-1-3-5-17/h1-13,30H,14-16H2/p+1. The number of hydrogen-bond acceptors (Lipinski definition) is 5. The molecule has 2 aliphatic rings. The lowest BCUT2D eigenvalue weighted by Gasteiger charge is -2.18. The molecule has 7 nitrogen and oxygen atoms in total. The number of phenols is 2. The Morgan fingerprint density at radius 1 is 0.844 bits per heavy atom. The van der Waals surface area contributed by atoms with Gasteiger partial charge in [-0.15, -0.1) is 0 Å². The minimum Gasteiger partial charge on any atom is -0.508 e. The van der Waals surface area contributed by atoms with Gasteiger partial charge in [0, 0.05) is 12.0 Å². The third-order valence-corrected chi connectivity index (χ3v) is 5.44. The molecule has 0 aliphatic carbocycles. The highest BCUT2D eigenvalue weighted by molar-refractivity contribution is 6.04. The van der Waals surface area contributed by atoms with Gasteiger partial charge < -0.3 is 10.2 Å². The van der Waals surface area contributed by atoms with Crippen LogP contribution >= 0.6 is 0 Å². The highest BCUT2D eigenvalue weighted by Gasteiger charge is 2.44. The largest absolute Gasteiger partial charge is 0.521 e. The van der Waals surface area contributed by atoms with Crippen LogP contribution in [0.2, 0.25) is 0 Å². The molecule has 0 aromatic heterocycles. The second-order valence-corrected chi connectivity index (χ2v) is 7.73. The smallest absolute Gasteiger partial charge is 0.508 e. The summed E-state index contributed by atoms with van der Waals surface area (Å²) in [6, 6.07) is 23.3. The van der Waals surface area contributed by atoms with Crippen LogP contribution in [0.15, 0.2) is 100 Å². The number of phenolic OH excluding ortho intramolecular Hbond substituents is 2. The maximum absolute atomic E-state index is 13.2. The first-order valence-corrected chi connectivity index (χ1v) is 10.3. The maximum atomic E-state index is 13.2. The van der Waals surface area contributed by atoms with Crippen LogP contribution in [0.5, 0.6) is 11.5 Å². The summed E-state index contributed by atoms with van der Waals surface area (Å²) in [5, 5.41) is 23.8. The molecule has 0 radical (unpaired) electrons. The SMILES string of the molecule is O=C1N2CC(c3ccc(O)cc3)=NC(Cc3ccccc3)=C2N=[N+]1Cc1ccc(O)cc1. The fraction of sp³-hybridized carbons (Fsp3) is 0.120. The van der Waals surface area contributed by atoms with Crippen molar-refractivity contribution in [3.05, 3.63) is 107 Å². The molecule has 0 fully saturated rings. The monoisotopic (exact) mass is 425 g/mol. The van der Waals surface area contributed by atoms with Gasteiger partial charge in [-0.3, -0.25) is 0 Å². The van der Waals surface area contributed by atoms with Gasteiger partial charge in [0.1, 0.15) is 30.3 Å². The normalized spacial score (nSPS) is 15.5. The Balaban J connectivity index is 1.53. The van der Waals surface area contributed by atoms with Crippen molar-refractivity contribution in [3.8, 4) is 11.5 Å². The molecule has 0 spiro atoms. The lowest BCUT2D eigenvalue weighted by Crippen LogP contribution is -2.37. The van der Waals surface area contributed by atoms with E-state index in [4.69, 9.17) is 4.99 Å². The van der Waals surface area contributed by atoms with Crippen molar-refractivity contribution in [2.45, 2.75) is 13.0 Å². The van der Waals surface area contributed by atoms with E-state index in [0.29, 0.717) is 31.0 Å². The summed E-state index contributed by atoms with van der Waals surface area (Å²) in [7, 11) is 0. The Labute approximate surface area is 184 Å². The third-order valence-electron chi connectivity index (χ3n) is 5.44. The minimum atomic E-state index is -0.218. The van der Waals surface area contributed by atoms with Gasteiger partial charge in [0.15, 0.2) is 0 Å². The zero-order valence-corrected chi connectivity index (χ0v) is 17.2. The van der Waals surface area contributed by atoms with E-state index in [1.165, 1.54) is 4.70 Å². The van der Waals surface area contributed by atoms with Crippen LogP contribution in [0.4, 0.5) is 4.79 Å². The zero-order valence-electron chi connectivity index (χ0n) is 17.2. The van der Waals surface area contributed by atoms with Crippen LogP contribution in [0.25, 0.3) is 0 Å². The molecule has 158 valence electrons. The average Bonchev–Trinajstić information content (AvgIpc) is 3.12. The van der Waals surface area contributed by atoms with Gasteiger partial charge in [0.2, 0.25) is 0 Å². The van der Waals surface area contributed by atoms with Crippen LogP contribution in [0.3, 0.4) is 0 Å². The first-order valence-electron chi connectivity index (χ1n) is 10.3. The number of fused-ring (bicyclic) bond motifs is 1. The number of benzene rings is 3. The molecule has 3 aromatic carbocycles. The van der Waals surface area contributed by atoms with E-state index >= 15 is 0 Å². The van der Waals surface area contributed by atoms with Gasteiger partial charge in [-0.2, -0.15) is 9.69 Å². The van der Waals surface area contributed by atoms with E-state index in [2.05, 4.69) is 5.11 Å². The maximum Gasteiger partial charge on any atom is 0.521 e. The third kappa shape index (κ3) is 3.88. The fourth-order valence-corrected chi connectivity index (χ4v) is 3.79. The van der Waals surface area contributed by atoms with Crippen LogP contribution < -0.4 is 0 Å². The summed E-state index contributed by atoms with van der Waals surface area (Å²) in [4.78, 5) is 19.7. The van der Waals surface area contributed by atoms with Crippen LogP contribution in [0.1, 0.15) is 16.7 Å². The highest BCUT2D eigenvalue weighted by atomic mass is 16.3. The molecule has 32 heavy (non-hydrogen) atoms. The van der Waals surface area contributed by atoms with Crippen molar-refractivity contribution < 1.29 is 19.7 Å². The molecule has 0 saturated carbocycles. The average molecular weight is 425 g/mol. The molecule has 2 amide bonds. The molecule has 0 saturated heterocycles.